The van der Waals surface area contributed by atoms with E-state index in [-0.39, 0.29) is 0 Å². The van der Waals surface area contributed by atoms with E-state index in [1.165, 1.54) is 0 Å². The number of rotatable bonds is 9. The number of ether oxygens (including phenoxy) is 2. The Kier molecular flexibility index (Phi) is 8.62. The van der Waals surface area contributed by atoms with Crippen LogP contribution in [0, 0.1) is 5.92 Å². The summed E-state index contributed by atoms with van der Waals surface area (Å²) in [5.74, 6) is -0.885. The standard InChI is InChI=1S/C14H22O4/c1-5-8-9-11(4)10-14(17-12(15)6-2)18-13(16)7-3/h6-7,11,14H,2-3,5,8-10H2,1,4H3. The van der Waals surface area contributed by atoms with E-state index in [1.807, 2.05) is 6.92 Å². The molecule has 4 heteroatoms. The molecule has 0 heterocycles. The third-order valence-electron chi connectivity index (χ3n) is 2.47. The molecule has 0 aromatic carbocycles. The molecule has 0 saturated heterocycles. The van der Waals surface area contributed by atoms with Gasteiger partial charge in [-0.05, 0) is 5.92 Å². The number of hydrogen-bond donors (Lipinski definition) is 0. The van der Waals surface area contributed by atoms with Gasteiger partial charge in [0.1, 0.15) is 0 Å². The Morgan fingerprint density at radius 2 is 1.67 bits per heavy atom. The molecule has 4 nitrogen and oxygen atoms in total. The molecule has 18 heavy (non-hydrogen) atoms. The maximum atomic E-state index is 11.1. The second-order valence-corrected chi connectivity index (χ2v) is 4.19. The molecule has 0 saturated carbocycles. The summed E-state index contributed by atoms with van der Waals surface area (Å²) in [5.41, 5.74) is 0. The molecule has 1 unspecified atom stereocenters. The summed E-state index contributed by atoms with van der Waals surface area (Å²) >= 11 is 0. The van der Waals surface area contributed by atoms with Gasteiger partial charge in [0.15, 0.2) is 0 Å². The van der Waals surface area contributed by atoms with E-state index < -0.39 is 18.2 Å². The number of carbonyl (C=O) groups excluding carboxylic acids is 2. The van der Waals surface area contributed by atoms with Gasteiger partial charge in [-0.25, -0.2) is 9.59 Å². The Morgan fingerprint density at radius 1 is 1.17 bits per heavy atom. The largest absolute Gasteiger partial charge is 0.422 e. The zero-order valence-corrected chi connectivity index (χ0v) is 11.2. The van der Waals surface area contributed by atoms with Crippen molar-refractivity contribution in [3.05, 3.63) is 25.3 Å². The molecule has 0 aromatic rings. The predicted octanol–water partition coefficient (Wildman–Crippen LogP) is 2.99. The average Bonchev–Trinajstić information content (AvgIpc) is 2.35. The van der Waals surface area contributed by atoms with Crippen LogP contribution in [-0.2, 0) is 19.1 Å². The third-order valence-corrected chi connectivity index (χ3v) is 2.47. The summed E-state index contributed by atoms with van der Waals surface area (Å²) in [6.07, 6.45) is 4.92. The number of esters is 2. The van der Waals surface area contributed by atoms with Crippen LogP contribution >= 0.6 is 0 Å². The summed E-state index contributed by atoms with van der Waals surface area (Å²) < 4.78 is 9.95. The zero-order chi connectivity index (χ0) is 14.0. The molecule has 0 bridgehead atoms. The third kappa shape index (κ3) is 7.65. The van der Waals surface area contributed by atoms with Crippen molar-refractivity contribution in [2.24, 2.45) is 5.92 Å². The average molecular weight is 254 g/mol. The van der Waals surface area contributed by atoms with Crippen LogP contribution in [0.3, 0.4) is 0 Å². The highest BCUT2D eigenvalue weighted by Gasteiger charge is 2.19. The van der Waals surface area contributed by atoms with Crippen molar-refractivity contribution in [1.29, 1.82) is 0 Å². The maximum Gasteiger partial charge on any atom is 0.333 e. The van der Waals surface area contributed by atoms with Gasteiger partial charge in [-0.15, -0.1) is 0 Å². The molecule has 0 N–H and O–H groups in total. The van der Waals surface area contributed by atoms with Gasteiger partial charge in [0.05, 0.1) is 0 Å². The van der Waals surface area contributed by atoms with E-state index in [0.717, 1.165) is 31.4 Å². The Hall–Kier alpha value is -1.58. The smallest absolute Gasteiger partial charge is 0.333 e. The molecule has 0 aromatic heterocycles. The monoisotopic (exact) mass is 254 g/mol. The predicted molar refractivity (Wildman–Crippen MR) is 69.7 cm³/mol. The van der Waals surface area contributed by atoms with Crippen LogP contribution in [0.1, 0.15) is 39.5 Å². The quantitative estimate of drug-likeness (QED) is 0.360. The molecule has 102 valence electrons. The number of carbonyl (C=O) groups is 2. The van der Waals surface area contributed by atoms with Crippen molar-refractivity contribution in [3.8, 4) is 0 Å². The van der Waals surface area contributed by atoms with E-state index >= 15 is 0 Å². The van der Waals surface area contributed by atoms with E-state index in [9.17, 15) is 9.59 Å². The summed E-state index contributed by atoms with van der Waals surface area (Å²) in [6, 6.07) is 0. The van der Waals surface area contributed by atoms with Gasteiger partial charge in [0.25, 0.3) is 0 Å². The Balaban J connectivity index is 4.35. The fourth-order valence-electron chi connectivity index (χ4n) is 1.47. The van der Waals surface area contributed by atoms with Gasteiger partial charge in [-0.3, -0.25) is 0 Å². The molecule has 0 aliphatic carbocycles. The summed E-state index contributed by atoms with van der Waals surface area (Å²) in [4.78, 5) is 22.3. The van der Waals surface area contributed by atoms with E-state index in [0.29, 0.717) is 12.3 Å². The topological polar surface area (TPSA) is 52.6 Å². The first-order valence-electron chi connectivity index (χ1n) is 6.19. The maximum absolute atomic E-state index is 11.1. The first-order valence-corrected chi connectivity index (χ1v) is 6.19. The van der Waals surface area contributed by atoms with E-state index in [2.05, 4.69) is 20.1 Å². The molecule has 0 aliphatic heterocycles. The minimum Gasteiger partial charge on any atom is -0.422 e. The lowest BCUT2D eigenvalue weighted by atomic mass is 10.0. The lowest BCUT2D eigenvalue weighted by molar-refractivity contribution is -0.183. The van der Waals surface area contributed by atoms with Gasteiger partial charge in [0.2, 0.25) is 6.29 Å². The van der Waals surface area contributed by atoms with Crippen molar-refractivity contribution < 1.29 is 19.1 Å². The van der Waals surface area contributed by atoms with Gasteiger partial charge in [-0.1, -0.05) is 46.3 Å². The Morgan fingerprint density at radius 3 is 2.06 bits per heavy atom. The van der Waals surface area contributed by atoms with E-state index in [1.54, 1.807) is 0 Å². The molecular weight excluding hydrogens is 232 g/mol. The van der Waals surface area contributed by atoms with Crippen LogP contribution in [0.2, 0.25) is 0 Å². The minimum absolute atomic E-state index is 0.310. The van der Waals surface area contributed by atoms with Crippen molar-refractivity contribution in [3.63, 3.8) is 0 Å². The number of unbranched alkanes of at least 4 members (excludes halogenated alkanes) is 1. The Labute approximate surface area is 109 Å². The fraction of sp³-hybridized carbons (Fsp3) is 0.571. The number of hydrogen-bond acceptors (Lipinski definition) is 4. The summed E-state index contributed by atoms with van der Waals surface area (Å²) in [6.45, 7) is 10.8. The van der Waals surface area contributed by atoms with Crippen molar-refractivity contribution in [2.45, 2.75) is 45.8 Å². The van der Waals surface area contributed by atoms with Gasteiger partial charge in [0, 0.05) is 18.6 Å². The van der Waals surface area contributed by atoms with Crippen LogP contribution in [0.25, 0.3) is 0 Å². The zero-order valence-electron chi connectivity index (χ0n) is 11.2. The van der Waals surface area contributed by atoms with Crippen molar-refractivity contribution in [1.82, 2.24) is 0 Å². The van der Waals surface area contributed by atoms with Crippen LogP contribution in [0.4, 0.5) is 0 Å². The van der Waals surface area contributed by atoms with Crippen LogP contribution < -0.4 is 0 Å². The molecule has 0 aliphatic rings. The molecule has 0 spiro atoms. The van der Waals surface area contributed by atoms with E-state index in [4.69, 9.17) is 9.47 Å². The molecule has 0 fully saturated rings. The molecule has 0 radical (unpaired) electrons. The molecule has 1 atom stereocenters. The lowest BCUT2D eigenvalue weighted by Crippen LogP contribution is -2.25. The molecule has 0 rings (SSSR count). The second kappa shape index (κ2) is 9.45. The minimum atomic E-state index is -0.868. The highest BCUT2D eigenvalue weighted by molar-refractivity contribution is 5.83. The normalized spacial score (nSPS) is 11.7. The Bertz CT molecular complexity index is 274. The van der Waals surface area contributed by atoms with Crippen LogP contribution in [-0.4, -0.2) is 18.2 Å². The summed E-state index contributed by atoms with van der Waals surface area (Å²) in [5, 5.41) is 0. The first kappa shape index (κ1) is 16.4. The van der Waals surface area contributed by atoms with Gasteiger partial charge >= 0.3 is 11.9 Å². The van der Waals surface area contributed by atoms with Crippen LogP contribution in [0.15, 0.2) is 25.3 Å². The molecule has 0 amide bonds. The van der Waals surface area contributed by atoms with Crippen molar-refractivity contribution in [2.75, 3.05) is 0 Å². The SMILES string of the molecule is C=CC(=O)OC(CC(C)CCCC)OC(=O)C=C. The first-order chi connectivity index (χ1) is 8.53. The fourth-order valence-corrected chi connectivity index (χ4v) is 1.47. The van der Waals surface area contributed by atoms with Crippen molar-refractivity contribution >= 4 is 11.9 Å². The lowest BCUT2D eigenvalue weighted by Gasteiger charge is -2.20. The van der Waals surface area contributed by atoms with Gasteiger partial charge in [-0.2, -0.15) is 0 Å². The second-order valence-electron chi connectivity index (χ2n) is 4.19. The molecular formula is C14H22O4. The van der Waals surface area contributed by atoms with Crippen LogP contribution in [0.5, 0.6) is 0 Å². The van der Waals surface area contributed by atoms with Gasteiger partial charge < -0.3 is 9.47 Å². The highest BCUT2D eigenvalue weighted by atomic mass is 16.7. The summed E-state index contributed by atoms with van der Waals surface area (Å²) in [7, 11) is 0. The highest BCUT2D eigenvalue weighted by Crippen LogP contribution is 2.17.